The number of nitriles is 1. The minimum Gasteiger partial charge on any atom is -0.389 e. The number of benzene rings is 2. The molecule has 3 heteroatoms. The molecule has 0 bridgehead atoms. The zero-order valence-electron chi connectivity index (χ0n) is 12.5. The monoisotopic (exact) mass is 297 g/mol. The van der Waals surface area contributed by atoms with Crippen molar-refractivity contribution < 1.29 is 5.11 Å². The molecule has 0 radical (unpaired) electrons. The first kappa shape index (κ1) is 15.6. The van der Waals surface area contributed by atoms with Crippen molar-refractivity contribution in [2.45, 2.75) is 42.6 Å². The lowest BCUT2D eigenvalue weighted by Crippen LogP contribution is -1.95. The third-order valence-electron chi connectivity index (χ3n) is 3.37. The summed E-state index contributed by atoms with van der Waals surface area (Å²) in [6.07, 6.45) is -0.546. The Morgan fingerprint density at radius 2 is 1.71 bits per heavy atom. The topological polar surface area (TPSA) is 44.0 Å². The van der Waals surface area contributed by atoms with Crippen molar-refractivity contribution in [2.24, 2.45) is 0 Å². The van der Waals surface area contributed by atoms with Crippen LogP contribution in [0.3, 0.4) is 0 Å². The lowest BCUT2D eigenvalue weighted by Gasteiger charge is -2.12. The summed E-state index contributed by atoms with van der Waals surface area (Å²) >= 11 is 1.58. The van der Waals surface area contributed by atoms with Crippen LogP contribution < -0.4 is 0 Å². The lowest BCUT2D eigenvalue weighted by atomic mass is 10.0. The molecule has 2 nitrogen and oxygen atoms in total. The molecular formula is C18H19NOS. The predicted molar refractivity (Wildman–Crippen MR) is 86.4 cm³/mol. The Morgan fingerprint density at radius 3 is 2.24 bits per heavy atom. The molecule has 0 aliphatic rings. The minimum atomic E-state index is -0.546. The van der Waals surface area contributed by atoms with E-state index >= 15 is 0 Å². The summed E-state index contributed by atoms with van der Waals surface area (Å²) in [5.74, 6) is 0.513. The first-order valence-corrected chi connectivity index (χ1v) is 7.83. The maximum atomic E-state index is 9.87. The number of hydrogen-bond acceptors (Lipinski definition) is 3. The van der Waals surface area contributed by atoms with Gasteiger partial charge in [-0.2, -0.15) is 5.26 Å². The molecule has 0 amide bonds. The summed E-state index contributed by atoms with van der Waals surface area (Å²) in [7, 11) is 0. The van der Waals surface area contributed by atoms with Crippen LogP contribution in [0.4, 0.5) is 0 Å². The summed E-state index contributed by atoms with van der Waals surface area (Å²) in [6.45, 7) is 6.08. The first-order chi connectivity index (χ1) is 10.0. The molecule has 0 heterocycles. The van der Waals surface area contributed by atoms with E-state index in [1.807, 2.05) is 12.1 Å². The van der Waals surface area contributed by atoms with Gasteiger partial charge in [0.05, 0.1) is 17.7 Å². The van der Waals surface area contributed by atoms with Gasteiger partial charge in [0, 0.05) is 9.79 Å². The van der Waals surface area contributed by atoms with Crippen LogP contribution in [0.2, 0.25) is 0 Å². The van der Waals surface area contributed by atoms with Crippen molar-refractivity contribution in [3.63, 3.8) is 0 Å². The lowest BCUT2D eigenvalue weighted by molar-refractivity contribution is 0.196. The quantitative estimate of drug-likeness (QED) is 0.874. The Kier molecular flexibility index (Phi) is 5.06. The SMILES string of the molecule is CC(C)c1ccc(Sc2cc(C#N)ccc2[C@@H](C)O)cc1. The molecule has 108 valence electrons. The number of nitrogens with zero attached hydrogens (tertiary/aromatic N) is 1. The van der Waals surface area contributed by atoms with E-state index in [1.54, 1.807) is 24.8 Å². The van der Waals surface area contributed by atoms with E-state index in [9.17, 15) is 5.11 Å². The van der Waals surface area contributed by atoms with Crippen molar-refractivity contribution in [3.05, 3.63) is 59.2 Å². The third kappa shape index (κ3) is 3.87. The van der Waals surface area contributed by atoms with E-state index in [2.05, 4.69) is 44.2 Å². The molecule has 0 fully saturated rings. The molecule has 0 saturated carbocycles. The van der Waals surface area contributed by atoms with E-state index in [0.29, 0.717) is 11.5 Å². The summed E-state index contributed by atoms with van der Waals surface area (Å²) in [5.41, 5.74) is 2.77. The van der Waals surface area contributed by atoms with Gasteiger partial charge in [-0.25, -0.2) is 0 Å². The first-order valence-electron chi connectivity index (χ1n) is 7.01. The standard InChI is InChI=1S/C18H19NOS/c1-12(2)15-5-7-16(8-6-15)21-18-10-14(11-19)4-9-17(18)13(3)20/h4-10,12-13,20H,1-3H3/t13-/m1/s1. The van der Waals surface area contributed by atoms with E-state index in [-0.39, 0.29) is 0 Å². The molecule has 0 unspecified atom stereocenters. The molecule has 0 spiro atoms. The average Bonchev–Trinajstić information content (AvgIpc) is 2.47. The second-order valence-corrected chi connectivity index (χ2v) is 6.48. The Morgan fingerprint density at radius 1 is 1.05 bits per heavy atom. The van der Waals surface area contributed by atoms with E-state index < -0.39 is 6.10 Å². The highest BCUT2D eigenvalue weighted by Gasteiger charge is 2.10. The normalized spacial score (nSPS) is 12.2. The van der Waals surface area contributed by atoms with Crippen LogP contribution in [0.5, 0.6) is 0 Å². The number of aliphatic hydroxyl groups excluding tert-OH is 1. The highest BCUT2D eigenvalue weighted by Crippen LogP contribution is 2.34. The second-order valence-electron chi connectivity index (χ2n) is 5.37. The van der Waals surface area contributed by atoms with Gasteiger partial charge in [-0.3, -0.25) is 0 Å². The third-order valence-corrected chi connectivity index (χ3v) is 4.45. The van der Waals surface area contributed by atoms with Gasteiger partial charge in [0.1, 0.15) is 0 Å². The summed E-state index contributed by atoms with van der Waals surface area (Å²) in [4.78, 5) is 2.04. The van der Waals surface area contributed by atoms with Gasteiger partial charge >= 0.3 is 0 Å². The maximum absolute atomic E-state index is 9.87. The molecule has 1 atom stereocenters. The summed E-state index contributed by atoms with van der Waals surface area (Å²) in [5, 5.41) is 18.9. The van der Waals surface area contributed by atoms with E-state index in [4.69, 9.17) is 5.26 Å². The Hall–Kier alpha value is -1.76. The Balaban J connectivity index is 2.31. The largest absolute Gasteiger partial charge is 0.389 e. The molecule has 0 aliphatic carbocycles. The molecule has 0 aliphatic heterocycles. The fourth-order valence-corrected chi connectivity index (χ4v) is 3.15. The van der Waals surface area contributed by atoms with Crippen molar-refractivity contribution in [1.82, 2.24) is 0 Å². The summed E-state index contributed by atoms with van der Waals surface area (Å²) < 4.78 is 0. The van der Waals surface area contributed by atoms with Gasteiger partial charge < -0.3 is 5.11 Å². The number of aliphatic hydroxyl groups is 1. The molecule has 2 rings (SSSR count). The molecular weight excluding hydrogens is 278 g/mol. The van der Waals surface area contributed by atoms with Crippen LogP contribution in [0.25, 0.3) is 0 Å². The van der Waals surface area contributed by atoms with Crippen LogP contribution in [0.1, 0.15) is 49.5 Å². The highest BCUT2D eigenvalue weighted by atomic mass is 32.2. The van der Waals surface area contributed by atoms with Gasteiger partial charge in [-0.05, 0) is 48.2 Å². The highest BCUT2D eigenvalue weighted by molar-refractivity contribution is 7.99. The van der Waals surface area contributed by atoms with Crippen LogP contribution in [-0.4, -0.2) is 5.11 Å². The molecule has 0 aromatic heterocycles. The zero-order valence-corrected chi connectivity index (χ0v) is 13.3. The fourth-order valence-electron chi connectivity index (χ4n) is 2.09. The molecule has 2 aromatic rings. The van der Waals surface area contributed by atoms with Crippen LogP contribution in [0.15, 0.2) is 52.3 Å². The van der Waals surface area contributed by atoms with Crippen LogP contribution in [0, 0.1) is 11.3 Å². The maximum Gasteiger partial charge on any atom is 0.0992 e. The van der Waals surface area contributed by atoms with Gasteiger partial charge in [0.2, 0.25) is 0 Å². The molecule has 0 saturated heterocycles. The van der Waals surface area contributed by atoms with Crippen molar-refractivity contribution in [2.75, 3.05) is 0 Å². The Labute approximate surface area is 130 Å². The van der Waals surface area contributed by atoms with Gasteiger partial charge in [0.15, 0.2) is 0 Å². The van der Waals surface area contributed by atoms with E-state index in [1.165, 1.54) is 5.56 Å². The number of hydrogen-bond donors (Lipinski definition) is 1. The van der Waals surface area contributed by atoms with E-state index in [0.717, 1.165) is 15.4 Å². The molecule has 2 aromatic carbocycles. The molecule has 21 heavy (non-hydrogen) atoms. The van der Waals surface area contributed by atoms with Crippen molar-refractivity contribution in [1.29, 1.82) is 5.26 Å². The number of rotatable bonds is 4. The Bertz CT molecular complexity index is 654. The van der Waals surface area contributed by atoms with Crippen LogP contribution >= 0.6 is 11.8 Å². The van der Waals surface area contributed by atoms with Gasteiger partial charge in [-0.15, -0.1) is 0 Å². The van der Waals surface area contributed by atoms with Crippen molar-refractivity contribution in [3.8, 4) is 6.07 Å². The average molecular weight is 297 g/mol. The fraction of sp³-hybridized carbons (Fsp3) is 0.278. The van der Waals surface area contributed by atoms with Crippen LogP contribution in [-0.2, 0) is 0 Å². The smallest absolute Gasteiger partial charge is 0.0992 e. The minimum absolute atomic E-state index is 0.513. The van der Waals surface area contributed by atoms with Gasteiger partial charge in [-0.1, -0.05) is 43.8 Å². The zero-order chi connectivity index (χ0) is 15.4. The molecule has 1 N–H and O–H groups in total. The second kappa shape index (κ2) is 6.80. The summed E-state index contributed by atoms with van der Waals surface area (Å²) in [6, 6.07) is 16.0. The van der Waals surface area contributed by atoms with Crippen molar-refractivity contribution >= 4 is 11.8 Å². The van der Waals surface area contributed by atoms with Gasteiger partial charge in [0.25, 0.3) is 0 Å². The predicted octanol–water partition coefficient (Wildman–Crippen LogP) is 4.89.